The number of fused-ring (bicyclic) bond motifs is 1. The molecule has 0 saturated carbocycles. The van der Waals surface area contributed by atoms with Crippen LogP contribution in [0.15, 0.2) is 48.5 Å². The second-order valence-corrected chi connectivity index (χ2v) is 5.81. The van der Waals surface area contributed by atoms with Crippen LogP contribution in [0, 0.1) is 6.92 Å². The van der Waals surface area contributed by atoms with E-state index in [9.17, 15) is 0 Å². The maximum atomic E-state index is 3.61. The van der Waals surface area contributed by atoms with Crippen LogP contribution in [0.25, 0.3) is 0 Å². The smallest absolute Gasteiger partial charge is 0.0432 e. The van der Waals surface area contributed by atoms with E-state index in [4.69, 9.17) is 0 Å². The Bertz CT molecular complexity index is 606. The number of hydrogen-bond donors (Lipinski definition) is 1. The van der Waals surface area contributed by atoms with Crippen molar-refractivity contribution in [3.05, 3.63) is 65.2 Å². The summed E-state index contributed by atoms with van der Waals surface area (Å²) in [6.07, 6.45) is 1.18. The Balaban J connectivity index is 1.88. The Kier molecular flexibility index (Phi) is 4.26. The third-order valence-corrected chi connectivity index (χ3v) is 4.41. The molecule has 0 aliphatic carbocycles. The number of aryl methyl sites for hydroxylation is 1. The minimum Gasteiger partial charge on any atom is -0.367 e. The Morgan fingerprint density at radius 2 is 1.86 bits per heavy atom. The predicted octanol–water partition coefficient (Wildman–Crippen LogP) is 4.06. The third kappa shape index (κ3) is 2.96. The summed E-state index contributed by atoms with van der Waals surface area (Å²) in [6, 6.07) is 18.0. The van der Waals surface area contributed by atoms with Crippen molar-refractivity contribution in [2.45, 2.75) is 32.9 Å². The summed E-state index contributed by atoms with van der Waals surface area (Å²) in [5.41, 5.74) is 5.63. The summed E-state index contributed by atoms with van der Waals surface area (Å²) < 4.78 is 0. The summed E-state index contributed by atoms with van der Waals surface area (Å²) in [4.78, 5) is 2.52. The number of nitrogens with one attached hydrogen (secondary N) is 1. The molecular weight excluding hydrogens is 256 g/mol. The Morgan fingerprint density at radius 3 is 2.67 bits per heavy atom. The number of anilines is 1. The van der Waals surface area contributed by atoms with Crippen LogP contribution in [-0.4, -0.2) is 13.1 Å². The van der Waals surface area contributed by atoms with E-state index in [0.29, 0.717) is 6.04 Å². The molecule has 1 unspecified atom stereocenters. The summed E-state index contributed by atoms with van der Waals surface area (Å²) in [6.45, 7) is 7.53. The van der Waals surface area contributed by atoms with Crippen molar-refractivity contribution >= 4 is 5.69 Å². The molecule has 21 heavy (non-hydrogen) atoms. The van der Waals surface area contributed by atoms with Crippen molar-refractivity contribution in [3.63, 3.8) is 0 Å². The van der Waals surface area contributed by atoms with Gasteiger partial charge in [0.05, 0.1) is 0 Å². The fourth-order valence-electron chi connectivity index (χ4n) is 3.25. The number of para-hydroxylation sites is 1. The van der Waals surface area contributed by atoms with E-state index in [1.54, 1.807) is 0 Å². The van der Waals surface area contributed by atoms with Crippen LogP contribution >= 0.6 is 0 Å². The van der Waals surface area contributed by atoms with Crippen LogP contribution < -0.4 is 10.2 Å². The highest BCUT2D eigenvalue weighted by molar-refractivity contribution is 5.57. The van der Waals surface area contributed by atoms with Gasteiger partial charge in [0.25, 0.3) is 0 Å². The lowest BCUT2D eigenvalue weighted by Crippen LogP contribution is -2.35. The Morgan fingerprint density at radius 1 is 1.10 bits per heavy atom. The van der Waals surface area contributed by atoms with Gasteiger partial charge in [-0.05, 0) is 42.6 Å². The number of hydrogen-bond acceptors (Lipinski definition) is 2. The van der Waals surface area contributed by atoms with Crippen molar-refractivity contribution in [3.8, 4) is 0 Å². The molecule has 0 bridgehead atoms. The zero-order valence-electron chi connectivity index (χ0n) is 13.0. The Hall–Kier alpha value is -1.80. The Labute approximate surface area is 127 Å². The van der Waals surface area contributed by atoms with E-state index in [1.165, 1.54) is 28.8 Å². The molecule has 0 fully saturated rings. The monoisotopic (exact) mass is 280 g/mol. The van der Waals surface area contributed by atoms with E-state index in [2.05, 4.69) is 72.6 Å². The molecule has 2 heteroatoms. The van der Waals surface area contributed by atoms with E-state index in [-0.39, 0.29) is 0 Å². The van der Waals surface area contributed by atoms with E-state index < -0.39 is 0 Å². The molecule has 2 nitrogen and oxygen atoms in total. The van der Waals surface area contributed by atoms with Gasteiger partial charge < -0.3 is 10.2 Å². The fourth-order valence-corrected chi connectivity index (χ4v) is 3.25. The molecular formula is C19H24N2. The van der Waals surface area contributed by atoms with Crippen LogP contribution in [-0.2, 0) is 6.54 Å². The highest BCUT2D eigenvalue weighted by Gasteiger charge is 2.24. The fraction of sp³-hybridized carbons (Fsp3) is 0.368. The standard InChI is InChI=1S/C19H24N2/c1-3-20-18-12-13-21(19-11-7-6-10-17(18)19)14-16-9-5-4-8-15(16)2/h4-11,18,20H,3,12-14H2,1-2H3. The summed E-state index contributed by atoms with van der Waals surface area (Å²) in [5, 5.41) is 3.61. The van der Waals surface area contributed by atoms with Crippen LogP contribution in [0.5, 0.6) is 0 Å². The highest BCUT2D eigenvalue weighted by atomic mass is 15.1. The second-order valence-electron chi connectivity index (χ2n) is 5.81. The first-order valence-corrected chi connectivity index (χ1v) is 7.91. The van der Waals surface area contributed by atoms with Gasteiger partial charge in [0, 0.05) is 24.8 Å². The SMILES string of the molecule is CCNC1CCN(Cc2ccccc2C)c2ccccc21. The molecule has 0 aromatic heterocycles. The molecule has 110 valence electrons. The van der Waals surface area contributed by atoms with E-state index >= 15 is 0 Å². The summed E-state index contributed by atoms with van der Waals surface area (Å²) in [7, 11) is 0. The predicted molar refractivity (Wildman–Crippen MR) is 89.7 cm³/mol. The largest absolute Gasteiger partial charge is 0.367 e. The first kappa shape index (κ1) is 14.2. The maximum Gasteiger partial charge on any atom is 0.0432 e. The van der Waals surface area contributed by atoms with Crippen LogP contribution in [0.3, 0.4) is 0 Å². The molecule has 0 radical (unpaired) electrons. The molecule has 1 aliphatic rings. The highest BCUT2D eigenvalue weighted by Crippen LogP contribution is 2.34. The lowest BCUT2D eigenvalue weighted by molar-refractivity contribution is 0.489. The van der Waals surface area contributed by atoms with Crippen LogP contribution in [0.1, 0.15) is 36.1 Å². The van der Waals surface area contributed by atoms with Gasteiger partial charge in [0.15, 0.2) is 0 Å². The average Bonchev–Trinajstić information content (AvgIpc) is 2.52. The molecule has 1 N–H and O–H groups in total. The lowest BCUT2D eigenvalue weighted by atomic mass is 9.95. The van der Waals surface area contributed by atoms with E-state index in [1.807, 2.05) is 0 Å². The van der Waals surface area contributed by atoms with Crippen LogP contribution in [0.4, 0.5) is 5.69 Å². The van der Waals surface area contributed by atoms with Crippen molar-refractivity contribution < 1.29 is 0 Å². The van der Waals surface area contributed by atoms with E-state index in [0.717, 1.165) is 19.6 Å². The zero-order chi connectivity index (χ0) is 14.7. The molecule has 0 amide bonds. The van der Waals surface area contributed by atoms with Gasteiger partial charge in [-0.15, -0.1) is 0 Å². The van der Waals surface area contributed by atoms with Gasteiger partial charge in [-0.25, -0.2) is 0 Å². The molecule has 0 saturated heterocycles. The van der Waals surface area contributed by atoms with Crippen molar-refractivity contribution in [2.24, 2.45) is 0 Å². The topological polar surface area (TPSA) is 15.3 Å². The first-order valence-electron chi connectivity index (χ1n) is 7.91. The molecule has 2 aromatic carbocycles. The molecule has 1 atom stereocenters. The van der Waals surface area contributed by atoms with Crippen LogP contribution in [0.2, 0.25) is 0 Å². The van der Waals surface area contributed by atoms with Gasteiger partial charge in [-0.1, -0.05) is 49.4 Å². The van der Waals surface area contributed by atoms with Crippen molar-refractivity contribution in [1.29, 1.82) is 0 Å². The van der Waals surface area contributed by atoms with Gasteiger partial charge in [-0.3, -0.25) is 0 Å². The quantitative estimate of drug-likeness (QED) is 0.908. The number of benzene rings is 2. The van der Waals surface area contributed by atoms with Gasteiger partial charge in [0.1, 0.15) is 0 Å². The lowest BCUT2D eigenvalue weighted by Gasteiger charge is -2.36. The molecule has 1 heterocycles. The van der Waals surface area contributed by atoms with Gasteiger partial charge in [-0.2, -0.15) is 0 Å². The average molecular weight is 280 g/mol. The minimum atomic E-state index is 0.499. The molecule has 3 rings (SSSR count). The second kappa shape index (κ2) is 6.31. The number of nitrogens with zero attached hydrogens (tertiary/aromatic N) is 1. The van der Waals surface area contributed by atoms with Crippen molar-refractivity contribution in [1.82, 2.24) is 5.32 Å². The normalized spacial score (nSPS) is 17.6. The third-order valence-electron chi connectivity index (χ3n) is 4.41. The van der Waals surface area contributed by atoms with Crippen molar-refractivity contribution in [2.75, 3.05) is 18.0 Å². The molecule has 2 aromatic rings. The maximum absolute atomic E-state index is 3.61. The summed E-state index contributed by atoms with van der Waals surface area (Å²) in [5.74, 6) is 0. The van der Waals surface area contributed by atoms with Gasteiger partial charge in [0.2, 0.25) is 0 Å². The minimum absolute atomic E-state index is 0.499. The first-order chi connectivity index (χ1) is 10.3. The number of rotatable bonds is 4. The molecule has 1 aliphatic heterocycles. The summed E-state index contributed by atoms with van der Waals surface area (Å²) >= 11 is 0. The van der Waals surface area contributed by atoms with Gasteiger partial charge >= 0.3 is 0 Å². The zero-order valence-corrected chi connectivity index (χ0v) is 13.0. The molecule has 0 spiro atoms.